The number of ether oxygens (including phenoxy) is 2. The Hall–Kier alpha value is -1.60. The summed E-state index contributed by atoms with van der Waals surface area (Å²) in [5.41, 5.74) is 1.23. The molecular weight excluding hydrogens is 371 g/mol. The lowest BCUT2D eigenvalue weighted by Crippen LogP contribution is -2.41. The lowest BCUT2D eigenvalue weighted by Gasteiger charge is -2.32. The van der Waals surface area contributed by atoms with Crippen LogP contribution in [0.25, 0.3) is 0 Å². The van der Waals surface area contributed by atoms with Gasteiger partial charge in [0.2, 0.25) is 0 Å². The SMILES string of the molecule is C=C1CCC/C1=C1\CC(C(=O)OC)(C(=O)OC)CC1CB1OC(C)(C)C(C)(C)O1. The fraction of sp³-hybridized carbons (Fsp3) is 0.727. The summed E-state index contributed by atoms with van der Waals surface area (Å²) >= 11 is 0. The van der Waals surface area contributed by atoms with Crippen molar-refractivity contribution >= 4 is 19.1 Å². The highest BCUT2D eigenvalue weighted by molar-refractivity contribution is 6.45. The van der Waals surface area contributed by atoms with Gasteiger partial charge in [-0.25, -0.2) is 0 Å². The summed E-state index contributed by atoms with van der Waals surface area (Å²) < 4.78 is 22.5. The van der Waals surface area contributed by atoms with Gasteiger partial charge in [0.05, 0.1) is 25.4 Å². The zero-order chi connectivity index (χ0) is 21.6. The Morgan fingerprint density at radius 1 is 1.07 bits per heavy atom. The van der Waals surface area contributed by atoms with Gasteiger partial charge in [0.15, 0.2) is 5.41 Å². The standard InChI is InChI=1S/C22H33BO6/c1-14-9-8-10-16(14)17-12-22(18(24)26-6,19(25)27-7)11-15(17)13-23-28-20(2,3)21(4,5)29-23/h15H,1,8-13H2,2-7H3/b17-16-. The van der Waals surface area contributed by atoms with Crippen LogP contribution in [-0.2, 0) is 28.4 Å². The van der Waals surface area contributed by atoms with Crippen molar-refractivity contribution in [3.63, 3.8) is 0 Å². The van der Waals surface area contributed by atoms with E-state index >= 15 is 0 Å². The Morgan fingerprint density at radius 3 is 2.07 bits per heavy atom. The number of hydrogen-bond donors (Lipinski definition) is 0. The minimum Gasteiger partial charge on any atom is -0.468 e. The maximum atomic E-state index is 12.7. The highest BCUT2D eigenvalue weighted by Crippen LogP contribution is 2.53. The summed E-state index contributed by atoms with van der Waals surface area (Å²) in [6.45, 7) is 12.3. The molecule has 6 nitrogen and oxygen atoms in total. The molecule has 3 rings (SSSR count). The van der Waals surface area contributed by atoms with E-state index in [1.165, 1.54) is 19.8 Å². The average molecular weight is 404 g/mol. The maximum absolute atomic E-state index is 12.7. The first-order chi connectivity index (χ1) is 13.5. The predicted molar refractivity (Wildman–Crippen MR) is 110 cm³/mol. The zero-order valence-corrected chi connectivity index (χ0v) is 18.6. The molecule has 1 aliphatic heterocycles. The predicted octanol–water partition coefficient (Wildman–Crippen LogP) is 3.86. The second-order valence-corrected chi connectivity index (χ2v) is 9.53. The van der Waals surface area contributed by atoms with Crippen molar-refractivity contribution in [3.05, 3.63) is 23.3 Å². The van der Waals surface area contributed by atoms with E-state index in [-0.39, 0.29) is 5.92 Å². The number of hydrogen-bond acceptors (Lipinski definition) is 6. The van der Waals surface area contributed by atoms with Crippen LogP contribution in [-0.4, -0.2) is 44.5 Å². The lowest BCUT2D eigenvalue weighted by molar-refractivity contribution is -0.168. The van der Waals surface area contributed by atoms with Crippen LogP contribution in [0.15, 0.2) is 23.3 Å². The summed E-state index contributed by atoms with van der Waals surface area (Å²) in [5.74, 6) is -1.11. The zero-order valence-electron chi connectivity index (χ0n) is 18.6. The molecule has 3 aliphatic rings. The van der Waals surface area contributed by atoms with E-state index in [2.05, 4.69) is 6.58 Å². The number of carbonyl (C=O) groups is 2. The Balaban J connectivity index is 1.96. The molecule has 1 saturated heterocycles. The van der Waals surface area contributed by atoms with Crippen molar-refractivity contribution in [2.24, 2.45) is 11.3 Å². The molecule has 0 N–H and O–H groups in total. The number of rotatable bonds is 4. The van der Waals surface area contributed by atoms with E-state index in [1.54, 1.807) is 0 Å². The molecule has 1 atom stereocenters. The van der Waals surface area contributed by atoms with E-state index in [4.69, 9.17) is 18.8 Å². The number of esters is 2. The van der Waals surface area contributed by atoms with E-state index in [0.717, 1.165) is 30.4 Å². The molecule has 29 heavy (non-hydrogen) atoms. The molecule has 2 aliphatic carbocycles. The van der Waals surface area contributed by atoms with E-state index < -0.39 is 35.7 Å². The van der Waals surface area contributed by atoms with Crippen LogP contribution in [0, 0.1) is 11.3 Å². The maximum Gasteiger partial charge on any atom is 0.458 e. The summed E-state index contributed by atoms with van der Waals surface area (Å²) in [4.78, 5) is 25.5. The largest absolute Gasteiger partial charge is 0.468 e. The highest BCUT2D eigenvalue weighted by atomic mass is 16.7. The van der Waals surface area contributed by atoms with Gasteiger partial charge >= 0.3 is 19.1 Å². The van der Waals surface area contributed by atoms with E-state index in [9.17, 15) is 9.59 Å². The number of allylic oxidation sites excluding steroid dienone is 3. The molecular formula is C22H33BO6. The molecule has 160 valence electrons. The first-order valence-electron chi connectivity index (χ1n) is 10.4. The van der Waals surface area contributed by atoms with Crippen molar-refractivity contribution < 1.29 is 28.4 Å². The van der Waals surface area contributed by atoms with Crippen LogP contribution in [0.4, 0.5) is 0 Å². The third-order valence-corrected chi connectivity index (χ3v) is 7.23. The average Bonchev–Trinajstić information content (AvgIpc) is 3.28. The van der Waals surface area contributed by atoms with Crippen LogP contribution >= 0.6 is 0 Å². The van der Waals surface area contributed by atoms with Crippen LogP contribution < -0.4 is 0 Å². The van der Waals surface area contributed by atoms with Gasteiger partial charge in [-0.2, -0.15) is 0 Å². The second kappa shape index (κ2) is 7.58. The fourth-order valence-corrected chi connectivity index (χ4v) is 4.94. The van der Waals surface area contributed by atoms with Gasteiger partial charge in [-0.15, -0.1) is 0 Å². The normalized spacial score (nSPS) is 29.9. The van der Waals surface area contributed by atoms with Gasteiger partial charge in [0, 0.05) is 0 Å². The third-order valence-electron chi connectivity index (χ3n) is 7.23. The molecule has 1 heterocycles. The number of carbonyl (C=O) groups excluding carboxylic acids is 2. The van der Waals surface area contributed by atoms with E-state index in [0.29, 0.717) is 19.2 Å². The van der Waals surface area contributed by atoms with Crippen molar-refractivity contribution in [1.82, 2.24) is 0 Å². The minimum absolute atomic E-state index is 0.0345. The van der Waals surface area contributed by atoms with Gasteiger partial charge in [-0.1, -0.05) is 17.7 Å². The van der Waals surface area contributed by atoms with Gasteiger partial charge < -0.3 is 18.8 Å². The molecule has 1 unspecified atom stereocenters. The van der Waals surface area contributed by atoms with Gasteiger partial charge in [0.1, 0.15) is 0 Å². The van der Waals surface area contributed by atoms with Crippen molar-refractivity contribution in [1.29, 1.82) is 0 Å². The smallest absolute Gasteiger partial charge is 0.458 e. The van der Waals surface area contributed by atoms with Crippen LogP contribution in [0.3, 0.4) is 0 Å². The summed E-state index contributed by atoms with van der Waals surface area (Å²) in [5, 5.41) is 0. The highest BCUT2D eigenvalue weighted by Gasteiger charge is 2.58. The first-order valence-corrected chi connectivity index (χ1v) is 10.4. The molecule has 0 aromatic heterocycles. The molecule has 0 amide bonds. The second-order valence-electron chi connectivity index (χ2n) is 9.53. The number of methoxy groups -OCH3 is 2. The molecule has 0 aromatic carbocycles. The Bertz CT molecular complexity index is 718. The lowest BCUT2D eigenvalue weighted by atomic mass is 9.73. The Morgan fingerprint density at radius 2 is 1.62 bits per heavy atom. The molecule has 0 bridgehead atoms. The Labute approximate surface area is 174 Å². The molecule has 0 aromatic rings. The third kappa shape index (κ3) is 3.68. The van der Waals surface area contributed by atoms with Crippen LogP contribution in [0.5, 0.6) is 0 Å². The van der Waals surface area contributed by atoms with Crippen LogP contribution in [0.2, 0.25) is 6.32 Å². The summed E-state index contributed by atoms with van der Waals surface area (Å²) in [7, 11) is 2.23. The fourth-order valence-electron chi connectivity index (χ4n) is 4.94. The van der Waals surface area contributed by atoms with Gasteiger partial charge in [0.25, 0.3) is 0 Å². The van der Waals surface area contributed by atoms with Crippen molar-refractivity contribution in [3.8, 4) is 0 Å². The first kappa shape index (κ1) is 22.1. The molecule has 2 saturated carbocycles. The summed E-state index contributed by atoms with van der Waals surface area (Å²) in [6.07, 6.45) is 4.14. The van der Waals surface area contributed by atoms with Crippen molar-refractivity contribution in [2.45, 2.75) is 77.3 Å². The minimum atomic E-state index is -1.32. The quantitative estimate of drug-likeness (QED) is 0.403. The van der Waals surface area contributed by atoms with Crippen molar-refractivity contribution in [2.75, 3.05) is 14.2 Å². The van der Waals surface area contributed by atoms with E-state index in [1.807, 2.05) is 27.7 Å². The molecule has 0 spiro atoms. The van der Waals surface area contributed by atoms with Gasteiger partial charge in [-0.3, -0.25) is 9.59 Å². The van der Waals surface area contributed by atoms with Crippen LogP contribution in [0.1, 0.15) is 59.8 Å². The molecule has 0 radical (unpaired) electrons. The Kier molecular flexibility index (Phi) is 5.78. The summed E-state index contributed by atoms with van der Waals surface area (Å²) in [6, 6.07) is 0. The van der Waals surface area contributed by atoms with Gasteiger partial charge in [-0.05, 0) is 77.6 Å². The topological polar surface area (TPSA) is 71.1 Å². The monoisotopic (exact) mass is 404 g/mol. The molecule has 7 heteroatoms. The molecule has 3 fully saturated rings.